The largest absolute Gasteiger partial charge is 0.432 e. The van der Waals surface area contributed by atoms with Gasteiger partial charge >= 0.3 is 6.18 Å². The molecule has 3 nitrogen and oxygen atoms in total. The lowest BCUT2D eigenvalue weighted by molar-refractivity contribution is -0.137. The molecule has 20 heavy (non-hydrogen) atoms. The maximum absolute atomic E-state index is 13.5. The van der Waals surface area contributed by atoms with Crippen LogP contribution in [0.15, 0.2) is 30.5 Å². The lowest BCUT2D eigenvalue weighted by Gasteiger charge is -2.11. The number of anilines is 1. The standard InChI is InChI=1S/C12H7ClF4N2O/c13-7-4-6(12(15,16)17)5-19-11(7)20-10-8(14)2-1-3-9(10)18/h1-5H,18H2. The first-order chi connectivity index (χ1) is 9.29. The van der Waals surface area contributed by atoms with Crippen LogP contribution in [0.5, 0.6) is 11.6 Å². The quantitative estimate of drug-likeness (QED) is 0.666. The number of pyridine rings is 1. The highest BCUT2D eigenvalue weighted by atomic mass is 35.5. The molecule has 0 radical (unpaired) electrons. The van der Waals surface area contributed by atoms with E-state index >= 15 is 0 Å². The fourth-order valence-corrected chi connectivity index (χ4v) is 1.59. The Bertz CT molecular complexity index is 626. The van der Waals surface area contributed by atoms with Crippen molar-refractivity contribution in [3.63, 3.8) is 0 Å². The molecule has 0 aliphatic rings. The Morgan fingerprint density at radius 2 is 1.95 bits per heavy atom. The third-order valence-electron chi connectivity index (χ3n) is 2.33. The molecule has 0 fully saturated rings. The number of hydrogen-bond acceptors (Lipinski definition) is 3. The van der Waals surface area contributed by atoms with Gasteiger partial charge in [0, 0.05) is 6.20 Å². The van der Waals surface area contributed by atoms with Crippen LogP contribution in [-0.2, 0) is 6.18 Å². The summed E-state index contributed by atoms with van der Waals surface area (Å²) in [4.78, 5) is 3.43. The van der Waals surface area contributed by atoms with Crippen molar-refractivity contribution in [2.45, 2.75) is 6.18 Å². The van der Waals surface area contributed by atoms with Crippen LogP contribution in [0.4, 0.5) is 23.2 Å². The number of halogens is 5. The molecule has 0 aliphatic carbocycles. The smallest absolute Gasteiger partial charge is 0.417 e. The number of aromatic nitrogens is 1. The van der Waals surface area contributed by atoms with Crippen LogP contribution in [0.1, 0.15) is 5.56 Å². The summed E-state index contributed by atoms with van der Waals surface area (Å²) in [6.45, 7) is 0. The number of alkyl halides is 3. The van der Waals surface area contributed by atoms with E-state index in [1.54, 1.807) is 0 Å². The van der Waals surface area contributed by atoms with Crippen molar-refractivity contribution in [1.29, 1.82) is 0 Å². The Kier molecular flexibility index (Phi) is 3.71. The molecule has 1 aromatic heterocycles. The van der Waals surface area contributed by atoms with Crippen LogP contribution in [-0.4, -0.2) is 4.98 Å². The lowest BCUT2D eigenvalue weighted by atomic mass is 10.2. The highest BCUT2D eigenvalue weighted by molar-refractivity contribution is 6.31. The Balaban J connectivity index is 2.36. The van der Waals surface area contributed by atoms with Crippen LogP contribution in [0.25, 0.3) is 0 Å². The zero-order chi connectivity index (χ0) is 14.9. The van der Waals surface area contributed by atoms with E-state index in [1.165, 1.54) is 12.1 Å². The Morgan fingerprint density at radius 3 is 2.50 bits per heavy atom. The van der Waals surface area contributed by atoms with E-state index in [1.807, 2.05) is 0 Å². The van der Waals surface area contributed by atoms with Gasteiger partial charge in [0.1, 0.15) is 5.02 Å². The van der Waals surface area contributed by atoms with Gasteiger partial charge in [0.15, 0.2) is 11.6 Å². The zero-order valence-electron chi connectivity index (χ0n) is 9.71. The molecule has 0 atom stereocenters. The van der Waals surface area contributed by atoms with E-state index in [4.69, 9.17) is 22.1 Å². The van der Waals surface area contributed by atoms with Crippen LogP contribution in [0.2, 0.25) is 5.02 Å². The first-order valence-electron chi connectivity index (χ1n) is 5.23. The number of ether oxygens (including phenoxy) is 1. The monoisotopic (exact) mass is 306 g/mol. The van der Waals surface area contributed by atoms with Gasteiger partial charge in [-0.15, -0.1) is 0 Å². The fourth-order valence-electron chi connectivity index (χ4n) is 1.39. The van der Waals surface area contributed by atoms with Gasteiger partial charge in [-0.2, -0.15) is 13.2 Å². The van der Waals surface area contributed by atoms with Gasteiger partial charge < -0.3 is 10.5 Å². The molecule has 106 valence electrons. The second-order valence-electron chi connectivity index (χ2n) is 3.77. The SMILES string of the molecule is Nc1cccc(F)c1Oc1ncc(C(F)(F)F)cc1Cl. The molecule has 0 spiro atoms. The van der Waals surface area contributed by atoms with Crippen LogP contribution >= 0.6 is 11.6 Å². The summed E-state index contributed by atoms with van der Waals surface area (Å²) < 4.78 is 55.8. The van der Waals surface area contributed by atoms with Gasteiger partial charge in [-0.25, -0.2) is 9.37 Å². The predicted octanol–water partition coefficient (Wildman–Crippen LogP) is 4.27. The number of hydrogen-bond donors (Lipinski definition) is 1. The summed E-state index contributed by atoms with van der Waals surface area (Å²) >= 11 is 5.64. The Hall–Kier alpha value is -2.02. The number of nitrogen functional groups attached to an aromatic ring is 1. The van der Waals surface area contributed by atoms with Gasteiger partial charge in [-0.3, -0.25) is 0 Å². The molecule has 2 aromatic rings. The minimum atomic E-state index is -4.58. The van der Waals surface area contributed by atoms with E-state index in [-0.39, 0.29) is 17.3 Å². The fraction of sp³-hybridized carbons (Fsp3) is 0.0833. The molecular formula is C12H7ClF4N2O. The van der Waals surface area contributed by atoms with Gasteiger partial charge in [-0.1, -0.05) is 17.7 Å². The average Bonchev–Trinajstić information content (AvgIpc) is 2.34. The topological polar surface area (TPSA) is 48.1 Å². The third-order valence-corrected chi connectivity index (χ3v) is 2.60. The summed E-state index contributed by atoms with van der Waals surface area (Å²) in [6.07, 6.45) is -4.04. The van der Waals surface area contributed by atoms with E-state index in [2.05, 4.69) is 4.98 Å². The third kappa shape index (κ3) is 2.93. The molecule has 0 unspecified atom stereocenters. The normalized spacial score (nSPS) is 11.4. The maximum Gasteiger partial charge on any atom is 0.417 e. The number of nitrogens with zero attached hydrogens (tertiary/aromatic N) is 1. The summed E-state index contributed by atoms with van der Waals surface area (Å²) in [6, 6.07) is 4.46. The molecule has 0 saturated heterocycles. The van der Waals surface area contributed by atoms with Crippen LogP contribution in [0.3, 0.4) is 0 Å². The molecule has 2 rings (SSSR count). The predicted molar refractivity (Wildman–Crippen MR) is 65.1 cm³/mol. The Labute approximate surface area is 115 Å². The van der Waals surface area contributed by atoms with E-state index < -0.39 is 22.6 Å². The first-order valence-corrected chi connectivity index (χ1v) is 5.61. The molecule has 0 bridgehead atoms. The number of nitrogens with two attached hydrogens (primary N) is 1. The van der Waals surface area contributed by atoms with Crippen molar-refractivity contribution in [3.8, 4) is 11.6 Å². The summed E-state index contributed by atoms with van der Waals surface area (Å²) in [5, 5.41) is -0.400. The van der Waals surface area contributed by atoms with Gasteiger partial charge in [0.25, 0.3) is 0 Å². The van der Waals surface area contributed by atoms with Crippen molar-refractivity contribution in [2.24, 2.45) is 0 Å². The first kappa shape index (κ1) is 14.4. The molecule has 0 saturated carbocycles. The van der Waals surface area contributed by atoms with E-state index in [9.17, 15) is 17.6 Å². The van der Waals surface area contributed by atoms with Gasteiger partial charge in [-0.05, 0) is 18.2 Å². The molecular weight excluding hydrogens is 300 g/mol. The number of para-hydroxylation sites is 1. The maximum atomic E-state index is 13.5. The van der Waals surface area contributed by atoms with Crippen molar-refractivity contribution in [1.82, 2.24) is 4.98 Å². The zero-order valence-corrected chi connectivity index (χ0v) is 10.5. The van der Waals surface area contributed by atoms with E-state index in [0.717, 1.165) is 6.07 Å². The minimum absolute atomic E-state index is 0.0252. The van der Waals surface area contributed by atoms with E-state index in [0.29, 0.717) is 12.3 Å². The summed E-state index contributed by atoms with van der Waals surface area (Å²) in [5.41, 5.74) is 4.45. The van der Waals surface area contributed by atoms with Crippen molar-refractivity contribution in [2.75, 3.05) is 5.73 Å². The molecule has 0 aliphatic heterocycles. The molecule has 8 heteroatoms. The molecule has 2 N–H and O–H groups in total. The second-order valence-corrected chi connectivity index (χ2v) is 4.18. The summed E-state index contributed by atoms with van der Waals surface area (Å²) in [5.74, 6) is -1.49. The summed E-state index contributed by atoms with van der Waals surface area (Å²) in [7, 11) is 0. The van der Waals surface area contributed by atoms with Crippen molar-refractivity contribution < 1.29 is 22.3 Å². The van der Waals surface area contributed by atoms with Gasteiger partial charge in [0.2, 0.25) is 5.88 Å². The van der Waals surface area contributed by atoms with Gasteiger partial charge in [0.05, 0.1) is 11.3 Å². The number of rotatable bonds is 2. The van der Waals surface area contributed by atoms with Crippen LogP contribution < -0.4 is 10.5 Å². The molecule has 1 aromatic carbocycles. The lowest BCUT2D eigenvalue weighted by Crippen LogP contribution is -2.06. The highest BCUT2D eigenvalue weighted by Gasteiger charge is 2.32. The minimum Gasteiger partial charge on any atom is -0.432 e. The highest BCUT2D eigenvalue weighted by Crippen LogP contribution is 2.36. The van der Waals surface area contributed by atoms with Crippen LogP contribution in [0, 0.1) is 5.82 Å². The molecule has 0 amide bonds. The second kappa shape index (κ2) is 5.16. The van der Waals surface area contributed by atoms with Crippen molar-refractivity contribution in [3.05, 3.63) is 46.9 Å². The molecule has 1 heterocycles. The van der Waals surface area contributed by atoms with Crippen molar-refractivity contribution >= 4 is 17.3 Å². The Morgan fingerprint density at radius 1 is 1.25 bits per heavy atom. The number of benzene rings is 1. The average molecular weight is 307 g/mol.